The summed E-state index contributed by atoms with van der Waals surface area (Å²) in [6.45, 7) is 4.12. The number of amides is 2. The summed E-state index contributed by atoms with van der Waals surface area (Å²) in [6.07, 6.45) is 0. The highest BCUT2D eigenvalue weighted by molar-refractivity contribution is 7.99. The molecule has 0 unspecified atom stereocenters. The average molecular weight is 378 g/mol. The lowest BCUT2D eigenvalue weighted by Gasteiger charge is -2.13. The molecule has 3 rings (SSSR count). The Morgan fingerprint density at radius 1 is 0.963 bits per heavy atom. The summed E-state index contributed by atoms with van der Waals surface area (Å²) in [5, 5.41) is 5.62. The first-order valence-corrected chi connectivity index (χ1v) is 9.50. The summed E-state index contributed by atoms with van der Waals surface area (Å²) >= 11 is 1.61. The van der Waals surface area contributed by atoms with Crippen LogP contribution >= 0.6 is 11.8 Å². The molecule has 0 bridgehead atoms. The molecule has 3 aromatic rings. The summed E-state index contributed by atoms with van der Waals surface area (Å²) < 4.78 is 5.65. The number of hydrogen-bond acceptors (Lipinski definition) is 3. The highest BCUT2D eigenvalue weighted by atomic mass is 32.2. The molecule has 5 heteroatoms. The van der Waals surface area contributed by atoms with E-state index in [0.717, 1.165) is 26.8 Å². The number of carbonyl (C=O) groups excluding carboxylic acids is 1. The van der Waals surface area contributed by atoms with E-state index in [4.69, 9.17) is 4.74 Å². The Kier molecular flexibility index (Phi) is 6.39. The maximum atomic E-state index is 12.2. The van der Waals surface area contributed by atoms with Gasteiger partial charge < -0.3 is 15.4 Å². The second-order valence-electron chi connectivity index (χ2n) is 6.10. The Morgan fingerprint density at radius 2 is 1.70 bits per heavy atom. The molecule has 3 aromatic carbocycles. The van der Waals surface area contributed by atoms with Crippen LogP contribution in [-0.4, -0.2) is 12.8 Å². The lowest BCUT2D eigenvalue weighted by molar-refractivity contribution is 0.234. The first kappa shape index (κ1) is 18.9. The van der Waals surface area contributed by atoms with Crippen molar-refractivity contribution < 1.29 is 9.53 Å². The van der Waals surface area contributed by atoms with Gasteiger partial charge in [-0.1, -0.05) is 59.8 Å². The summed E-state index contributed by atoms with van der Waals surface area (Å²) in [5.74, 6) is 0.765. The third-order valence-corrected chi connectivity index (χ3v) is 4.98. The van der Waals surface area contributed by atoms with Gasteiger partial charge in [-0.3, -0.25) is 0 Å². The molecular formula is C22H22N2O2S. The zero-order valence-electron chi connectivity index (χ0n) is 15.4. The SMILES string of the molecule is Cc1ccc(OCNC(=O)Nc2ccccc2Sc2ccccc2)c(C)c1. The standard InChI is InChI=1S/C22H22N2O2S/c1-16-12-13-20(17(2)14-16)26-15-23-22(25)24-19-10-6-7-11-21(19)27-18-8-4-3-5-9-18/h3-14H,15H2,1-2H3,(H2,23,24,25). The Balaban J connectivity index is 1.56. The van der Waals surface area contributed by atoms with E-state index >= 15 is 0 Å². The van der Waals surface area contributed by atoms with Gasteiger partial charge in [-0.15, -0.1) is 0 Å². The largest absolute Gasteiger partial charge is 0.473 e. The average Bonchev–Trinajstić information content (AvgIpc) is 2.66. The lowest BCUT2D eigenvalue weighted by atomic mass is 10.1. The normalized spacial score (nSPS) is 10.3. The zero-order chi connectivity index (χ0) is 19.1. The number of ether oxygens (including phenoxy) is 1. The molecule has 0 fully saturated rings. The zero-order valence-corrected chi connectivity index (χ0v) is 16.2. The Labute approximate surface area is 164 Å². The van der Waals surface area contributed by atoms with Crippen molar-refractivity contribution in [2.45, 2.75) is 23.6 Å². The van der Waals surface area contributed by atoms with Crippen molar-refractivity contribution >= 4 is 23.5 Å². The van der Waals surface area contributed by atoms with Crippen molar-refractivity contribution in [2.75, 3.05) is 12.0 Å². The van der Waals surface area contributed by atoms with Gasteiger partial charge in [0, 0.05) is 9.79 Å². The van der Waals surface area contributed by atoms with Crippen LogP contribution < -0.4 is 15.4 Å². The summed E-state index contributed by atoms with van der Waals surface area (Å²) in [4.78, 5) is 14.3. The van der Waals surface area contributed by atoms with E-state index in [0.29, 0.717) is 0 Å². The molecule has 0 aromatic heterocycles. The Morgan fingerprint density at radius 3 is 2.48 bits per heavy atom. The molecule has 0 heterocycles. The molecule has 4 nitrogen and oxygen atoms in total. The van der Waals surface area contributed by atoms with E-state index < -0.39 is 0 Å². The monoisotopic (exact) mass is 378 g/mol. The summed E-state index contributed by atoms with van der Waals surface area (Å²) in [5.41, 5.74) is 2.98. The molecule has 0 saturated heterocycles. The van der Waals surface area contributed by atoms with Crippen molar-refractivity contribution in [2.24, 2.45) is 0 Å². The van der Waals surface area contributed by atoms with Gasteiger partial charge in [-0.2, -0.15) is 0 Å². The number of urea groups is 1. The van der Waals surface area contributed by atoms with Crippen LogP contribution in [0.15, 0.2) is 82.6 Å². The maximum absolute atomic E-state index is 12.2. The van der Waals surface area contributed by atoms with Crippen LogP contribution in [-0.2, 0) is 0 Å². The topological polar surface area (TPSA) is 50.4 Å². The Hall–Kier alpha value is -2.92. The fraction of sp³-hybridized carbons (Fsp3) is 0.136. The van der Waals surface area contributed by atoms with Crippen molar-refractivity contribution in [3.8, 4) is 5.75 Å². The third-order valence-electron chi connectivity index (χ3n) is 3.90. The van der Waals surface area contributed by atoms with Gasteiger partial charge in [-0.05, 0) is 49.7 Å². The van der Waals surface area contributed by atoms with E-state index in [2.05, 4.69) is 10.6 Å². The van der Waals surface area contributed by atoms with Crippen LogP contribution in [0.4, 0.5) is 10.5 Å². The minimum atomic E-state index is -0.305. The lowest BCUT2D eigenvalue weighted by Crippen LogP contribution is -2.32. The summed E-state index contributed by atoms with van der Waals surface area (Å²) in [6, 6.07) is 23.4. The van der Waals surface area contributed by atoms with Crippen molar-refractivity contribution in [1.82, 2.24) is 5.32 Å². The summed E-state index contributed by atoms with van der Waals surface area (Å²) in [7, 11) is 0. The molecule has 27 heavy (non-hydrogen) atoms. The fourth-order valence-electron chi connectivity index (χ4n) is 2.58. The van der Waals surface area contributed by atoms with Crippen LogP contribution in [0.3, 0.4) is 0 Å². The smallest absolute Gasteiger partial charge is 0.321 e. The molecule has 2 amide bonds. The van der Waals surface area contributed by atoms with Crippen LogP contribution in [0.25, 0.3) is 0 Å². The number of carbonyl (C=O) groups is 1. The molecule has 0 aliphatic heterocycles. The number of anilines is 1. The first-order chi connectivity index (χ1) is 13.1. The maximum Gasteiger partial charge on any atom is 0.321 e. The molecule has 138 valence electrons. The molecule has 0 spiro atoms. The van der Waals surface area contributed by atoms with Gasteiger partial charge >= 0.3 is 6.03 Å². The van der Waals surface area contributed by atoms with Gasteiger partial charge in [0.15, 0.2) is 6.73 Å². The predicted octanol–water partition coefficient (Wildman–Crippen LogP) is 5.61. The molecule has 0 radical (unpaired) electrons. The first-order valence-electron chi connectivity index (χ1n) is 8.68. The minimum Gasteiger partial charge on any atom is -0.473 e. The number of nitrogens with one attached hydrogen (secondary N) is 2. The molecule has 0 atom stereocenters. The van der Waals surface area contributed by atoms with Gasteiger partial charge in [0.25, 0.3) is 0 Å². The molecular weight excluding hydrogens is 356 g/mol. The molecule has 2 N–H and O–H groups in total. The highest BCUT2D eigenvalue weighted by Gasteiger charge is 2.08. The van der Waals surface area contributed by atoms with Gasteiger partial charge in [0.1, 0.15) is 5.75 Å². The van der Waals surface area contributed by atoms with Crippen molar-refractivity contribution in [1.29, 1.82) is 0 Å². The van der Waals surface area contributed by atoms with E-state index in [1.165, 1.54) is 5.56 Å². The fourth-order valence-corrected chi connectivity index (χ4v) is 3.50. The highest BCUT2D eigenvalue weighted by Crippen LogP contribution is 2.33. The minimum absolute atomic E-state index is 0.101. The van der Waals surface area contributed by atoms with E-state index in [1.807, 2.05) is 86.6 Å². The van der Waals surface area contributed by atoms with Crippen molar-refractivity contribution in [3.63, 3.8) is 0 Å². The third kappa shape index (κ3) is 5.53. The molecule has 0 aliphatic carbocycles. The second-order valence-corrected chi connectivity index (χ2v) is 7.22. The van der Waals surface area contributed by atoms with E-state index in [1.54, 1.807) is 11.8 Å². The van der Waals surface area contributed by atoms with Gasteiger partial charge in [0.05, 0.1) is 5.69 Å². The molecule has 0 aliphatic rings. The number of para-hydroxylation sites is 1. The predicted molar refractivity (Wildman–Crippen MR) is 111 cm³/mol. The van der Waals surface area contributed by atoms with Crippen LogP contribution in [0.5, 0.6) is 5.75 Å². The van der Waals surface area contributed by atoms with Gasteiger partial charge in [0.2, 0.25) is 0 Å². The van der Waals surface area contributed by atoms with Gasteiger partial charge in [-0.25, -0.2) is 4.79 Å². The quantitative estimate of drug-likeness (QED) is 0.548. The van der Waals surface area contributed by atoms with Crippen LogP contribution in [0, 0.1) is 13.8 Å². The Bertz CT molecular complexity index is 913. The number of hydrogen-bond donors (Lipinski definition) is 2. The number of rotatable bonds is 6. The molecule has 0 saturated carbocycles. The second kappa shape index (κ2) is 9.14. The van der Waals surface area contributed by atoms with Crippen LogP contribution in [0.2, 0.25) is 0 Å². The number of benzene rings is 3. The number of aryl methyl sites for hydroxylation is 2. The van der Waals surface area contributed by atoms with Crippen LogP contribution in [0.1, 0.15) is 11.1 Å². The van der Waals surface area contributed by atoms with E-state index in [-0.39, 0.29) is 12.8 Å². The van der Waals surface area contributed by atoms with Crippen molar-refractivity contribution in [3.05, 3.63) is 83.9 Å². The van der Waals surface area contributed by atoms with E-state index in [9.17, 15) is 4.79 Å².